The molecule has 2 aromatic heterocycles. The summed E-state index contributed by atoms with van der Waals surface area (Å²) in [5.41, 5.74) is 10.3. The minimum Gasteiger partial charge on any atom is -0.399 e. The Morgan fingerprint density at radius 1 is 1.33 bits per heavy atom. The van der Waals surface area contributed by atoms with E-state index in [0.29, 0.717) is 29.2 Å². The van der Waals surface area contributed by atoms with Gasteiger partial charge in [-0.3, -0.25) is 0 Å². The number of H-pyrrole nitrogens is 1. The fourth-order valence-corrected chi connectivity index (χ4v) is 3.25. The number of fused-ring (bicyclic) bond motifs is 1. The zero-order valence-corrected chi connectivity index (χ0v) is 16.9. The number of hydrogen-bond acceptors (Lipinski definition) is 4. The minimum atomic E-state index is 0. The van der Waals surface area contributed by atoms with Gasteiger partial charge in [-0.2, -0.15) is 0 Å². The van der Waals surface area contributed by atoms with E-state index in [2.05, 4.69) is 19.4 Å². The van der Waals surface area contributed by atoms with Crippen molar-refractivity contribution in [1.82, 2.24) is 14.5 Å². The Morgan fingerprint density at radius 2 is 2.04 bits per heavy atom. The average molecular weight is 404 g/mol. The first-order chi connectivity index (χ1) is 12.5. The number of nitrogen functional groups attached to an aromatic ring is 1. The van der Waals surface area contributed by atoms with E-state index in [1.54, 1.807) is 6.33 Å². The molecule has 2 heterocycles. The highest BCUT2D eigenvalue weighted by atomic mass is 35.5. The molecular formula is C19H22ClN5OS. The molecular weight excluding hydrogens is 382 g/mol. The van der Waals surface area contributed by atoms with Crippen LogP contribution in [0, 0.1) is 11.2 Å². The highest BCUT2D eigenvalue weighted by molar-refractivity contribution is 7.71. The van der Waals surface area contributed by atoms with Gasteiger partial charge in [-0.05, 0) is 38.0 Å². The lowest BCUT2D eigenvalue weighted by Gasteiger charge is -2.13. The van der Waals surface area contributed by atoms with Crippen molar-refractivity contribution in [3.05, 3.63) is 46.7 Å². The second kappa shape index (κ2) is 9.00. The monoisotopic (exact) mass is 403 g/mol. The van der Waals surface area contributed by atoms with Gasteiger partial charge in [0.2, 0.25) is 5.69 Å². The van der Waals surface area contributed by atoms with Gasteiger partial charge in [0, 0.05) is 18.8 Å². The number of anilines is 1. The molecule has 3 N–H and O–H groups in total. The summed E-state index contributed by atoms with van der Waals surface area (Å²) < 4.78 is 8.22. The predicted molar refractivity (Wildman–Crippen MR) is 114 cm³/mol. The van der Waals surface area contributed by atoms with Crippen molar-refractivity contribution in [3.8, 4) is 11.3 Å². The Hall–Kier alpha value is -2.40. The summed E-state index contributed by atoms with van der Waals surface area (Å²) in [7, 11) is 0. The Morgan fingerprint density at radius 3 is 2.67 bits per heavy atom. The molecule has 3 rings (SSSR count). The molecule has 0 fully saturated rings. The fourth-order valence-electron chi connectivity index (χ4n) is 2.99. The van der Waals surface area contributed by atoms with Crippen molar-refractivity contribution in [3.63, 3.8) is 0 Å². The molecule has 0 radical (unpaired) electrons. The Bertz CT molecular complexity index is 1020. The topological polar surface area (TPSA) is 73.2 Å². The number of nitrogens with two attached hydrogens (primary N) is 1. The van der Waals surface area contributed by atoms with E-state index in [0.717, 1.165) is 28.7 Å². The zero-order valence-electron chi connectivity index (χ0n) is 15.2. The minimum absolute atomic E-state index is 0. The molecule has 0 aliphatic rings. The van der Waals surface area contributed by atoms with Gasteiger partial charge in [0.05, 0.1) is 35.7 Å². The first-order valence-corrected chi connectivity index (χ1v) is 8.88. The van der Waals surface area contributed by atoms with Crippen LogP contribution in [0.1, 0.15) is 20.3 Å². The maximum absolute atomic E-state index is 7.70. The third kappa shape index (κ3) is 4.30. The highest BCUT2D eigenvalue weighted by Gasteiger charge is 2.20. The van der Waals surface area contributed by atoms with Crippen LogP contribution in [0.5, 0.6) is 0 Å². The molecule has 0 aliphatic heterocycles. The van der Waals surface area contributed by atoms with Crippen LogP contribution in [-0.2, 0) is 11.3 Å². The van der Waals surface area contributed by atoms with E-state index >= 15 is 0 Å². The highest BCUT2D eigenvalue weighted by Crippen LogP contribution is 2.39. The molecule has 27 heavy (non-hydrogen) atoms. The van der Waals surface area contributed by atoms with Gasteiger partial charge in [-0.15, -0.1) is 12.4 Å². The summed E-state index contributed by atoms with van der Waals surface area (Å²) in [5.74, 6) is 0. The van der Waals surface area contributed by atoms with Crippen molar-refractivity contribution >= 4 is 47.0 Å². The molecule has 8 heteroatoms. The largest absolute Gasteiger partial charge is 0.399 e. The molecule has 1 aromatic carbocycles. The molecule has 142 valence electrons. The quantitative estimate of drug-likeness (QED) is 0.259. The number of ether oxygens (including phenoxy) is 1. The van der Waals surface area contributed by atoms with Crippen LogP contribution >= 0.6 is 24.6 Å². The number of halogens is 1. The van der Waals surface area contributed by atoms with E-state index in [4.69, 9.17) is 29.3 Å². The summed E-state index contributed by atoms with van der Waals surface area (Å²) in [4.78, 5) is 11.1. The van der Waals surface area contributed by atoms with Gasteiger partial charge in [0.1, 0.15) is 0 Å². The van der Waals surface area contributed by atoms with E-state index < -0.39 is 0 Å². The van der Waals surface area contributed by atoms with Crippen LogP contribution in [0.4, 0.5) is 11.4 Å². The lowest BCUT2D eigenvalue weighted by atomic mass is 10.1. The number of aromatic amines is 1. The average Bonchev–Trinajstić information content (AvgIpc) is 2.94. The molecule has 0 saturated carbocycles. The molecule has 0 spiro atoms. The summed E-state index contributed by atoms with van der Waals surface area (Å²) in [6.07, 6.45) is 2.54. The molecule has 0 aliphatic carbocycles. The lowest BCUT2D eigenvalue weighted by molar-refractivity contribution is 0.0751. The maximum atomic E-state index is 7.70. The van der Waals surface area contributed by atoms with Crippen LogP contribution in [0.15, 0.2) is 30.6 Å². The van der Waals surface area contributed by atoms with Gasteiger partial charge >= 0.3 is 0 Å². The Labute approximate surface area is 169 Å². The zero-order chi connectivity index (χ0) is 18.7. The Balaban J connectivity index is 0.00000261. The van der Waals surface area contributed by atoms with Gasteiger partial charge in [0.25, 0.3) is 0 Å². The van der Waals surface area contributed by atoms with Crippen molar-refractivity contribution < 1.29 is 4.74 Å². The molecule has 0 saturated heterocycles. The number of benzene rings is 1. The molecule has 3 aromatic rings. The smallest absolute Gasteiger partial charge is 0.235 e. The first kappa shape index (κ1) is 20.9. The van der Waals surface area contributed by atoms with E-state index in [1.807, 2.05) is 38.1 Å². The third-order valence-electron chi connectivity index (χ3n) is 4.10. The number of aromatic nitrogens is 3. The molecule has 6 nitrogen and oxygen atoms in total. The SMILES string of the molecule is Cl.[C-]#[N+]c1c(-c2ccc(N)cc2)n(CCCOC(C)C)c2c(=S)nc[nH]c12. The van der Waals surface area contributed by atoms with Crippen molar-refractivity contribution in [1.29, 1.82) is 0 Å². The number of nitrogens with zero attached hydrogens (tertiary/aromatic N) is 3. The van der Waals surface area contributed by atoms with Gasteiger partial charge < -0.3 is 20.0 Å². The van der Waals surface area contributed by atoms with Crippen molar-refractivity contribution in [2.45, 2.75) is 32.9 Å². The summed E-state index contributed by atoms with van der Waals surface area (Å²) in [6, 6.07) is 7.53. The van der Waals surface area contributed by atoms with Gasteiger partial charge in [-0.1, -0.05) is 24.4 Å². The number of nitrogens with one attached hydrogen (secondary N) is 1. The van der Waals surface area contributed by atoms with Crippen LogP contribution in [0.2, 0.25) is 0 Å². The van der Waals surface area contributed by atoms with Crippen LogP contribution in [-0.4, -0.2) is 27.2 Å². The number of rotatable bonds is 6. The van der Waals surface area contributed by atoms with Crippen molar-refractivity contribution in [2.75, 3.05) is 12.3 Å². The summed E-state index contributed by atoms with van der Waals surface area (Å²) in [5, 5.41) is 0. The van der Waals surface area contributed by atoms with Crippen LogP contribution in [0.3, 0.4) is 0 Å². The third-order valence-corrected chi connectivity index (χ3v) is 4.40. The first-order valence-electron chi connectivity index (χ1n) is 8.47. The second-order valence-corrected chi connectivity index (χ2v) is 6.67. The second-order valence-electron chi connectivity index (χ2n) is 6.29. The summed E-state index contributed by atoms with van der Waals surface area (Å²) in [6.45, 7) is 13.1. The van der Waals surface area contributed by atoms with Gasteiger partial charge in [0.15, 0.2) is 4.64 Å². The summed E-state index contributed by atoms with van der Waals surface area (Å²) >= 11 is 5.45. The van der Waals surface area contributed by atoms with Crippen LogP contribution in [0.25, 0.3) is 27.1 Å². The van der Waals surface area contributed by atoms with Gasteiger partial charge in [-0.25, -0.2) is 9.83 Å². The molecule has 0 atom stereocenters. The van der Waals surface area contributed by atoms with E-state index in [9.17, 15) is 0 Å². The lowest BCUT2D eigenvalue weighted by Crippen LogP contribution is -2.08. The fraction of sp³-hybridized carbons (Fsp3) is 0.316. The molecule has 0 unspecified atom stereocenters. The maximum Gasteiger partial charge on any atom is 0.235 e. The number of hydrogen-bond donors (Lipinski definition) is 2. The number of aryl methyl sites for hydroxylation is 1. The standard InChI is InChI=1S/C19H21N5OS.ClH/c1-12(2)25-10-4-9-24-17(13-5-7-14(20)8-6-13)15(21-3)16-18(24)19(26)23-11-22-16;/h5-8,11-12H,4,9-10,20H2,1-2H3,(H,22,23,26);1H. The van der Waals surface area contributed by atoms with E-state index in [-0.39, 0.29) is 18.5 Å². The van der Waals surface area contributed by atoms with Crippen molar-refractivity contribution in [2.24, 2.45) is 0 Å². The van der Waals surface area contributed by atoms with Crippen LogP contribution < -0.4 is 5.73 Å². The normalized spacial score (nSPS) is 10.7. The predicted octanol–water partition coefficient (Wildman–Crippen LogP) is 5.13. The molecule has 0 amide bonds. The van der Waals surface area contributed by atoms with E-state index in [1.165, 1.54) is 0 Å². The Kier molecular flexibility index (Phi) is 6.97. The molecule has 0 bridgehead atoms.